The summed E-state index contributed by atoms with van der Waals surface area (Å²) in [5.74, 6) is -0.0399. The van der Waals surface area contributed by atoms with Gasteiger partial charge >= 0.3 is 0 Å². The van der Waals surface area contributed by atoms with Crippen LogP contribution < -0.4 is 10.0 Å². The molecule has 0 radical (unpaired) electrons. The molecular formula is C30H35Cl2N5O2S. The first-order valence-corrected chi connectivity index (χ1v) is 16.0. The molecule has 2 aliphatic rings. The molecule has 1 fully saturated rings. The molecule has 3 aromatic carbocycles. The highest BCUT2D eigenvalue weighted by atomic mass is 35.5. The zero-order valence-electron chi connectivity index (χ0n) is 22.3. The number of hydrogen-bond donors (Lipinski definition) is 2. The number of unbranched alkanes of at least 4 members (excludes halogenated alkanes) is 1. The fourth-order valence-corrected chi connectivity index (χ4v) is 6.64. The van der Waals surface area contributed by atoms with Gasteiger partial charge < -0.3 is 4.90 Å². The Bertz CT molecular complexity index is 1380. The molecule has 5 rings (SSSR count). The molecule has 0 aromatic heterocycles. The fraction of sp³-hybridized carbons (Fsp3) is 0.367. The van der Waals surface area contributed by atoms with Crippen LogP contribution in [0.5, 0.6) is 0 Å². The largest absolute Gasteiger partial charge is 0.303 e. The second kappa shape index (κ2) is 13.5. The van der Waals surface area contributed by atoms with Crippen LogP contribution in [0.1, 0.15) is 42.7 Å². The number of hydrogen-bond acceptors (Lipinski definition) is 6. The molecule has 2 heterocycles. The summed E-state index contributed by atoms with van der Waals surface area (Å²) in [5.41, 5.74) is 2.93. The molecule has 3 aromatic rings. The Morgan fingerprint density at radius 2 is 1.52 bits per heavy atom. The minimum Gasteiger partial charge on any atom is -0.303 e. The van der Waals surface area contributed by atoms with E-state index in [1.54, 1.807) is 12.1 Å². The van der Waals surface area contributed by atoms with Gasteiger partial charge in [-0.15, -0.1) is 0 Å². The second-order valence-electron chi connectivity index (χ2n) is 10.3. The Kier molecular flexibility index (Phi) is 9.78. The Hall–Kier alpha value is -2.46. The highest BCUT2D eigenvalue weighted by molar-refractivity contribution is 7.89. The van der Waals surface area contributed by atoms with Gasteiger partial charge in [0.25, 0.3) is 0 Å². The number of nitrogens with one attached hydrogen (secondary N) is 2. The van der Waals surface area contributed by atoms with Crippen molar-refractivity contribution >= 4 is 38.9 Å². The lowest BCUT2D eigenvalue weighted by molar-refractivity contribution is 0.172. The number of benzene rings is 3. The molecule has 2 aliphatic heterocycles. The number of likely N-dealkylation sites (tertiary alicyclic amines) is 1. The number of rotatable bonds is 12. The average Bonchev–Trinajstić information content (AvgIpc) is 3.64. The van der Waals surface area contributed by atoms with Crippen molar-refractivity contribution in [3.05, 3.63) is 100 Å². The van der Waals surface area contributed by atoms with Gasteiger partial charge in [-0.25, -0.2) is 8.42 Å². The van der Waals surface area contributed by atoms with Gasteiger partial charge in [-0.3, -0.25) is 10.3 Å². The smallest absolute Gasteiger partial charge is 0.243 e. The molecule has 2 N–H and O–H groups in total. The van der Waals surface area contributed by atoms with Crippen LogP contribution in [-0.2, 0) is 10.0 Å². The molecule has 1 saturated heterocycles. The average molecular weight is 601 g/mol. The normalized spacial score (nSPS) is 18.7. The van der Waals surface area contributed by atoms with Crippen LogP contribution in [0.4, 0.5) is 0 Å². The third-order valence-electron chi connectivity index (χ3n) is 7.40. The zero-order chi connectivity index (χ0) is 28.0. The van der Waals surface area contributed by atoms with E-state index in [0.717, 1.165) is 36.2 Å². The van der Waals surface area contributed by atoms with Crippen molar-refractivity contribution in [2.75, 3.05) is 32.7 Å². The van der Waals surface area contributed by atoms with Crippen molar-refractivity contribution in [3.8, 4) is 0 Å². The Morgan fingerprint density at radius 1 is 0.875 bits per heavy atom. The van der Waals surface area contributed by atoms with Gasteiger partial charge in [0, 0.05) is 16.0 Å². The lowest BCUT2D eigenvalue weighted by Crippen LogP contribution is -2.54. The number of nitrogens with zero attached hydrogens (tertiary/aromatic N) is 3. The van der Waals surface area contributed by atoms with Crippen LogP contribution in [0, 0.1) is 0 Å². The van der Waals surface area contributed by atoms with Gasteiger partial charge in [0.1, 0.15) is 0 Å². The third-order valence-corrected chi connectivity index (χ3v) is 9.33. The van der Waals surface area contributed by atoms with Crippen LogP contribution in [-0.4, -0.2) is 63.1 Å². The van der Waals surface area contributed by atoms with E-state index in [1.165, 1.54) is 38.1 Å². The maximum atomic E-state index is 13.4. The first-order valence-electron chi connectivity index (χ1n) is 13.8. The van der Waals surface area contributed by atoms with Crippen molar-refractivity contribution in [1.29, 1.82) is 0 Å². The standard InChI is InChI=1S/C30H35Cl2N5O2S/c31-25-12-10-24(11-13-25)29-28(23-8-2-1-3-9-23)22-37(34-29)30(33-18-4-5-19-36-20-6-7-21-36)35-40(38,39)27-16-14-26(32)15-17-27/h1-3,8-17,28,30,33,35H,4-7,18-22H2. The van der Waals surface area contributed by atoms with E-state index in [9.17, 15) is 8.42 Å². The second-order valence-corrected chi connectivity index (χ2v) is 12.9. The summed E-state index contributed by atoms with van der Waals surface area (Å²) < 4.78 is 29.7. The number of sulfonamides is 1. The summed E-state index contributed by atoms with van der Waals surface area (Å²) in [6.45, 7) is 4.58. The van der Waals surface area contributed by atoms with E-state index in [1.807, 2.05) is 47.5 Å². The Morgan fingerprint density at radius 3 is 2.20 bits per heavy atom. The number of hydrazone groups is 1. The molecule has 0 amide bonds. The predicted octanol–water partition coefficient (Wildman–Crippen LogP) is 5.52. The predicted molar refractivity (Wildman–Crippen MR) is 162 cm³/mol. The zero-order valence-corrected chi connectivity index (χ0v) is 24.7. The van der Waals surface area contributed by atoms with Crippen molar-refractivity contribution < 1.29 is 8.42 Å². The van der Waals surface area contributed by atoms with Gasteiger partial charge in [-0.2, -0.15) is 9.82 Å². The first kappa shape index (κ1) is 29.0. The summed E-state index contributed by atoms with van der Waals surface area (Å²) in [4.78, 5) is 2.65. The lowest BCUT2D eigenvalue weighted by atomic mass is 9.91. The van der Waals surface area contributed by atoms with Crippen LogP contribution in [0.15, 0.2) is 88.9 Å². The lowest BCUT2D eigenvalue weighted by Gasteiger charge is -2.29. The van der Waals surface area contributed by atoms with Gasteiger partial charge in [0.2, 0.25) is 10.0 Å². The maximum Gasteiger partial charge on any atom is 0.243 e. The third kappa shape index (κ3) is 7.43. The van der Waals surface area contributed by atoms with Gasteiger partial charge in [-0.05, 0) is 99.4 Å². The van der Waals surface area contributed by atoms with Gasteiger partial charge in [0.15, 0.2) is 6.29 Å². The van der Waals surface area contributed by atoms with Crippen molar-refractivity contribution in [2.24, 2.45) is 5.10 Å². The summed E-state index contributed by atoms with van der Waals surface area (Å²) in [6.07, 6.45) is 3.80. The Labute approximate surface area is 247 Å². The quantitative estimate of drug-likeness (QED) is 0.212. The molecule has 10 heteroatoms. The van der Waals surface area contributed by atoms with Gasteiger partial charge in [-0.1, -0.05) is 65.7 Å². The highest BCUT2D eigenvalue weighted by Crippen LogP contribution is 2.30. The van der Waals surface area contributed by atoms with Crippen LogP contribution in [0.25, 0.3) is 0 Å². The topological polar surface area (TPSA) is 77.0 Å². The molecule has 212 valence electrons. The highest BCUT2D eigenvalue weighted by Gasteiger charge is 2.34. The van der Waals surface area contributed by atoms with E-state index < -0.39 is 16.3 Å². The first-order chi connectivity index (χ1) is 19.4. The molecule has 2 atom stereocenters. The fourth-order valence-electron chi connectivity index (χ4n) is 5.26. The van der Waals surface area contributed by atoms with Crippen LogP contribution in [0.2, 0.25) is 10.0 Å². The molecule has 0 spiro atoms. The van der Waals surface area contributed by atoms with E-state index in [2.05, 4.69) is 27.1 Å². The summed E-state index contributed by atoms with van der Waals surface area (Å²) in [6, 6.07) is 24.0. The van der Waals surface area contributed by atoms with E-state index >= 15 is 0 Å². The maximum absolute atomic E-state index is 13.4. The monoisotopic (exact) mass is 599 g/mol. The van der Waals surface area contributed by atoms with E-state index in [0.29, 0.717) is 23.1 Å². The molecule has 40 heavy (non-hydrogen) atoms. The Balaban J connectivity index is 1.38. The summed E-state index contributed by atoms with van der Waals surface area (Å²) in [7, 11) is -3.85. The van der Waals surface area contributed by atoms with Crippen LogP contribution >= 0.6 is 23.2 Å². The molecule has 0 saturated carbocycles. The summed E-state index contributed by atoms with van der Waals surface area (Å²) in [5, 5.41) is 11.4. The van der Waals surface area contributed by atoms with E-state index in [-0.39, 0.29) is 10.8 Å². The van der Waals surface area contributed by atoms with Gasteiger partial charge in [0.05, 0.1) is 17.2 Å². The molecule has 7 nitrogen and oxygen atoms in total. The SMILES string of the molecule is O=S(=O)(NC(NCCCCN1CCCC1)N1CC(c2ccccc2)C(c2ccc(Cl)cc2)=N1)c1ccc(Cl)cc1. The van der Waals surface area contributed by atoms with E-state index in [4.69, 9.17) is 28.3 Å². The van der Waals surface area contributed by atoms with Crippen molar-refractivity contribution in [3.63, 3.8) is 0 Å². The summed E-state index contributed by atoms with van der Waals surface area (Å²) >= 11 is 12.2. The van der Waals surface area contributed by atoms with Crippen LogP contribution in [0.3, 0.4) is 0 Å². The van der Waals surface area contributed by atoms with Crippen molar-refractivity contribution in [1.82, 2.24) is 19.9 Å². The minimum absolute atomic E-state index is 0.0399. The van der Waals surface area contributed by atoms with Crippen molar-refractivity contribution in [2.45, 2.75) is 42.8 Å². The molecule has 0 aliphatic carbocycles. The molecule has 0 bridgehead atoms. The number of halogens is 2. The molecular weight excluding hydrogens is 565 g/mol. The minimum atomic E-state index is -3.85. The molecule has 2 unspecified atom stereocenters.